The molecule has 0 spiro atoms. The second-order valence-electron chi connectivity index (χ2n) is 16.0. The normalized spacial score (nSPS) is 11.4. The first kappa shape index (κ1) is 60.0. The van der Waals surface area contributed by atoms with Crippen LogP contribution in [0.4, 0.5) is 13.2 Å². The van der Waals surface area contributed by atoms with E-state index in [1.807, 2.05) is 60.7 Å². The smallest absolute Gasteiger partial charge is 0.490 e. The average molecular weight is 1130 g/mol. The Morgan fingerprint density at radius 2 is 0.974 bits per heavy atom. The SMILES string of the molecule is COC(=O)[C@H](CN)NC(=O)c1sc(C(=O)NCc2cccc(O)c2)cc1-c1ccccc1.COC(=O)[C@H](CNC(=O)c1cccs1)NC(=O)c1sc(C(=O)NCc2cccc(O)c2)cc1-c1ccccc1.O=C(O)C(F)(F)F. The number of phenols is 2. The van der Waals surface area contributed by atoms with E-state index in [0.29, 0.717) is 36.9 Å². The van der Waals surface area contributed by atoms with Crippen molar-refractivity contribution in [2.75, 3.05) is 27.3 Å². The van der Waals surface area contributed by atoms with Crippen molar-refractivity contribution < 1.29 is 76.3 Å². The van der Waals surface area contributed by atoms with Crippen LogP contribution in [0.2, 0.25) is 0 Å². The molecule has 19 nitrogen and oxygen atoms in total. The summed E-state index contributed by atoms with van der Waals surface area (Å²) in [6, 6.07) is 35.8. The third kappa shape index (κ3) is 17.6. The van der Waals surface area contributed by atoms with Gasteiger partial charge in [0.05, 0.1) is 28.9 Å². The van der Waals surface area contributed by atoms with Gasteiger partial charge in [-0.1, -0.05) is 91.0 Å². The molecule has 5 amide bonds. The second kappa shape index (κ2) is 28.8. The molecule has 0 aliphatic heterocycles. The average Bonchev–Trinajstić information content (AvgIpc) is 4.33. The maximum atomic E-state index is 13.4. The summed E-state index contributed by atoms with van der Waals surface area (Å²) in [5, 5.41) is 41.5. The van der Waals surface area contributed by atoms with E-state index in [-0.39, 0.29) is 59.2 Å². The second-order valence-corrected chi connectivity index (χ2v) is 19.0. The molecule has 0 radical (unpaired) electrons. The van der Waals surface area contributed by atoms with Gasteiger partial charge in [0.15, 0.2) is 0 Å². The van der Waals surface area contributed by atoms with E-state index < -0.39 is 53.9 Å². The fourth-order valence-electron chi connectivity index (χ4n) is 6.71. The quantitative estimate of drug-likeness (QED) is 0.0403. The number of nitrogens with one attached hydrogen (secondary N) is 5. The zero-order valence-corrected chi connectivity index (χ0v) is 43.6. The number of carbonyl (C=O) groups is 8. The van der Waals surface area contributed by atoms with Crippen molar-refractivity contribution >= 4 is 81.5 Å². The molecule has 408 valence electrons. The molecular formula is C53H49F3N6O13S3. The number of amides is 5. The number of ether oxygens (including phenoxy) is 2. The summed E-state index contributed by atoms with van der Waals surface area (Å²) in [5.74, 6) is -6.18. The van der Waals surface area contributed by atoms with E-state index in [9.17, 15) is 56.9 Å². The van der Waals surface area contributed by atoms with Crippen LogP contribution >= 0.6 is 34.0 Å². The van der Waals surface area contributed by atoms with Gasteiger partial charge in [0.25, 0.3) is 29.5 Å². The zero-order chi connectivity index (χ0) is 56.9. The molecule has 0 saturated carbocycles. The minimum atomic E-state index is -5.08. The predicted molar refractivity (Wildman–Crippen MR) is 284 cm³/mol. The van der Waals surface area contributed by atoms with Gasteiger partial charge >= 0.3 is 24.1 Å². The number of nitrogens with two attached hydrogens (primary N) is 1. The van der Waals surface area contributed by atoms with Crippen LogP contribution in [0, 0.1) is 0 Å². The van der Waals surface area contributed by atoms with Crippen molar-refractivity contribution in [3.63, 3.8) is 0 Å². The Morgan fingerprint density at radius 3 is 1.36 bits per heavy atom. The van der Waals surface area contributed by atoms with Crippen LogP contribution in [0.25, 0.3) is 22.3 Å². The molecule has 0 aliphatic carbocycles. The molecule has 0 saturated heterocycles. The molecule has 78 heavy (non-hydrogen) atoms. The highest BCUT2D eigenvalue weighted by Crippen LogP contribution is 2.33. The molecule has 0 fully saturated rings. The van der Waals surface area contributed by atoms with Crippen LogP contribution < -0.4 is 32.3 Å². The number of halogens is 3. The number of thiophene rings is 3. The number of hydrogen-bond acceptors (Lipinski definition) is 16. The topological polar surface area (TPSA) is 302 Å². The van der Waals surface area contributed by atoms with Gasteiger partial charge in [-0.15, -0.1) is 34.0 Å². The van der Waals surface area contributed by atoms with Crippen molar-refractivity contribution in [3.8, 4) is 33.8 Å². The summed E-state index contributed by atoms with van der Waals surface area (Å²) in [6.07, 6.45) is -5.08. The summed E-state index contributed by atoms with van der Waals surface area (Å²) in [5.41, 5.74) is 9.59. The van der Waals surface area contributed by atoms with E-state index in [1.165, 1.54) is 31.6 Å². The van der Waals surface area contributed by atoms with Crippen LogP contribution in [0.3, 0.4) is 0 Å². The minimum Gasteiger partial charge on any atom is -0.508 e. The predicted octanol–water partition coefficient (Wildman–Crippen LogP) is 6.73. The Hall–Kier alpha value is -8.91. The van der Waals surface area contributed by atoms with Crippen molar-refractivity contribution in [2.24, 2.45) is 5.73 Å². The Labute approximate surface area is 454 Å². The van der Waals surface area contributed by atoms with Crippen molar-refractivity contribution in [2.45, 2.75) is 31.3 Å². The number of alkyl halides is 3. The van der Waals surface area contributed by atoms with E-state index in [4.69, 9.17) is 20.4 Å². The van der Waals surface area contributed by atoms with Crippen LogP contribution in [-0.2, 0) is 36.9 Å². The fraction of sp³-hybridized carbons (Fsp3) is 0.170. The number of phenolic OH excluding ortho intramolecular Hbond substituents is 2. The first-order valence-corrected chi connectivity index (χ1v) is 25.3. The lowest BCUT2D eigenvalue weighted by molar-refractivity contribution is -0.192. The molecule has 7 rings (SSSR count). The van der Waals surface area contributed by atoms with Gasteiger partial charge in [0.1, 0.15) is 33.3 Å². The summed E-state index contributed by atoms with van der Waals surface area (Å²) >= 11 is 3.25. The molecule has 10 N–H and O–H groups in total. The number of carbonyl (C=O) groups excluding carboxylic acids is 7. The molecule has 2 atom stereocenters. The molecule has 3 heterocycles. The lowest BCUT2D eigenvalue weighted by Crippen LogP contribution is -2.48. The standard InChI is InChI=1S/C28H25N3O6S2.C23H23N3O5S.C2HF3O2/c1-37-28(36)21(16-30-25(33)22-11-6-12-38-22)31-27(35)24-20(18-8-3-2-4-9-18)14-23(39-24)26(34)29-15-17-7-5-10-19(32)13-17;1-31-23(30)18(12-24)26-22(29)20-17(15-7-3-2-4-8-15)11-19(32-20)21(28)25-13-14-6-5-9-16(27)10-14;3-2(4,5)1(6)7/h2-14,21,32H,15-16H2,1H3,(H,29,34)(H,30,33)(H,31,35);2-11,18,27H,12-13,24H2,1H3,(H,25,28)(H,26,29);(H,6,7)/t21-;18-;/m00./s1. The highest BCUT2D eigenvalue weighted by molar-refractivity contribution is 7.17. The van der Waals surface area contributed by atoms with E-state index in [1.54, 1.807) is 72.1 Å². The molecule has 7 aromatic rings. The molecule has 3 aromatic heterocycles. The molecular weight excluding hydrogens is 1080 g/mol. The van der Waals surface area contributed by atoms with Crippen molar-refractivity contribution in [1.82, 2.24) is 26.6 Å². The number of benzene rings is 4. The van der Waals surface area contributed by atoms with Crippen LogP contribution in [0.5, 0.6) is 11.5 Å². The van der Waals surface area contributed by atoms with E-state index in [0.717, 1.165) is 33.8 Å². The Morgan fingerprint density at radius 1 is 0.551 bits per heavy atom. The monoisotopic (exact) mass is 1130 g/mol. The van der Waals surface area contributed by atoms with Gasteiger partial charge in [-0.3, -0.25) is 24.0 Å². The number of carboxylic acid groups (broad SMARTS) is 1. The van der Waals surface area contributed by atoms with Crippen molar-refractivity contribution in [1.29, 1.82) is 0 Å². The molecule has 0 aliphatic rings. The van der Waals surface area contributed by atoms with Gasteiger partial charge in [0.2, 0.25) is 0 Å². The van der Waals surface area contributed by atoms with E-state index >= 15 is 0 Å². The van der Waals surface area contributed by atoms with E-state index in [2.05, 4.69) is 31.3 Å². The Kier molecular flexibility index (Phi) is 22.2. The third-order valence-electron chi connectivity index (χ3n) is 10.5. The summed E-state index contributed by atoms with van der Waals surface area (Å²) in [7, 11) is 2.41. The maximum absolute atomic E-state index is 13.4. The number of aromatic hydroxyl groups is 2. The summed E-state index contributed by atoms with van der Waals surface area (Å²) in [6.45, 7) is 0.0901. The lowest BCUT2D eigenvalue weighted by atomic mass is 10.1. The van der Waals surface area contributed by atoms with Crippen molar-refractivity contribution in [3.05, 3.63) is 174 Å². The maximum Gasteiger partial charge on any atom is 0.490 e. The molecule has 25 heteroatoms. The minimum absolute atomic E-state index is 0.0925. The third-order valence-corrected chi connectivity index (χ3v) is 13.6. The Bertz CT molecular complexity index is 3210. The van der Waals surface area contributed by atoms with Gasteiger partial charge in [0, 0.05) is 37.3 Å². The number of hydrogen-bond donors (Lipinski definition) is 9. The first-order chi connectivity index (χ1) is 37.2. The number of aliphatic carboxylic acids is 1. The van der Waals surface area contributed by atoms with Gasteiger partial charge in [-0.05, 0) is 70.1 Å². The first-order valence-electron chi connectivity index (χ1n) is 22.8. The number of esters is 2. The number of carboxylic acids is 1. The highest BCUT2D eigenvalue weighted by Gasteiger charge is 2.38. The molecule has 0 bridgehead atoms. The van der Waals surface area contributed by atoms with Gasteiger partial charge < -0.3 is 57.1 Å². The van der Waals surface area contributed by atoms with Gasteiger partial charge in [-0.25, -0.2) is 14.4 Å². The summed E-state index contributed by atoms with van der Waals surface area (Å²) in [4.78, 5) is 99.2. The van der Waals surface area contributed by atoms with Crippen LogP contribution in [0.1, 0.15) is 59.5 Å². The lowest BCUT2D eigenvalue weighted by Gasteiger charge is -2.17. The zero-order valence-electron chi connectivity index (χ0n) is 41.1. The summed E-state index contributed by atoms with van der Waals surface area (Å²) < 4.78 is 41.2. The molecule has 0 unspecified atom stereocenters. The van der Waals surface area contributed by atoms with Crippen LogP contribution in [0.15, 0.2) is 139 Å². The number of methoxy groups -OCH3 is 2. The number of rotatable bonds is 18. The van der Waals surface area contributed by atoms with Gasteiger partial charge in [-0.2, -0.15) is 13.2 Å². The largest absolute Gasteiger partial charge is 0.508 e. The highest BCUT2D eigenvalue weighted by atomic mass is 32.1. The van der Waals surface area contributed by atoms with Crippen LogP contribution in [-0.4, -0.2) is 108 Å². The Balaban J connectivity index is 0.000000260. The molecule has 4 aromatic carbocycles. The fourth-order valence-corrected chi connectivity index (χ4v) is 9.35.